The second-order valence-corrected chi connectivity index (χ2v) is 2.97. The molecule has 0 saturated heterocycles. The minimum absolute atomic E-state index is 0. The van der Waals surface area contributed by atoms with E-state index in [-0.39, 0.29) is 58.9 Å². The fourth-order valence-corrected chi connectivity index (χ4v) is 1.13. The summed E-state index contributed by atoms with van der Waals surface area (Å²) in [5.74, 6) is 0. The van der Waals surface area contributed by atoms with E-state index in [2.05, 4.69) is 13.8 Å². The molecule has 0 heterocycles. The summed E-state index contributed by atoms with van der Waals surface area (Å²) in [5.41, 5.74) is 0. The van der Waals surface area contributed by atoms with Gasteiger partial charge in [0, 0.05) is 21.7 Å². The molecule has 0 aliphatic heterocycles. The molecule has 0 amide bonds. The molecule has 0 spiro atoms. The Labute approximate surface area is 123 Å². The molecule has 0 saturated carbocycles. The molecule has 0 aliphatic rings. The Hall–Kier alpha value is 1.58. The van der Waals surface area contributed by atoms with Crippen molar-refractivity contribution in [2.45, 2.75) is 58.3 Å². The van der Waals surface area contributed by atoms with Gasteiger partial charge in [0.15, 0.2) is 0 Å². The summed E-state index contributed by atoms with van der Waals surface area (Å²) >= 11 is 0. The second-order valence-electron chi connectivity index (χ2n) is 2.97. The number of hydrogen-bond donors (Lipinski definition) is 0. The predicted octanol–water partition coefficient (Wildman–Crippen LogP) is 5.22. The summed E-state index contributed by atoms with van der Waals surface area (Å²) < 4.78 is 0. The maximum Gasteiger partial charge on any atom is 0 e. The number of rotatable bonds is 7. The number of unbranched alkanes of at least 4 members (excludes halogenated alkanes) is 7. The molecule has 0 rings (SSSR count). The third-order valence-corrected chi connectivity index (χ3v) is 1.85. The molecular formula is C10H24Cl3Ti-. The molecule has 0 radical (unpaired) electrons. The van der Waals surface area contributed by atoms with Gasteiger partial charge in [0.2, 0.25) is 0 Å². The fraction of sp³-hybridized carbons (Fsp3) is 0.900. The van der Waals surface area contributed by atoms with E-state index in [4.69, 9.17) is 0 Å². The van der Waals surface area contributed by atoms with Gasteiger partial charge in [-0.2, -0.15) is 6.42 Å². The van der Waals surface area contributed by atoms with Crippen LogP contribution in [0.2, 0.25) is 0 Å². The van der Waals surface area contributed by atoms with Gasteiger partial charge in [-0.25, -0.2) is 0 Å². The Balaban J connectivity index is -0.0000000675. The minimum Gasteiger partial charge on any atom is -0.343 e. The first-order chi connectivity index (χ1) is 4.91. The first kappa shape index (κ1) is 29.6. The van der Waals surface area contributed by atoms with Gasteiger partial charge in [0.25, 0.3) is 0 Å². The summed E-state index contributed by atoms with van der Waals surface area (Å²) in [5, 5.41) is 0. The molecule has 0 aromatic heterocycles. The maximum absolute atomic E-state index is 3.82. The zero-order valence-corrected chi connectivity index (χ0v) is 13.1. The Morgan fingerprint density at radius 1 is 0.714 bits per heavy atom. The maximum atomic E-state index is 3.82. The van der Waals surface area contributed by atoms with Crippen LogP contribution in [0, 0.1) is 6.92 Å². The van der Waals surface area contributed by atoms with E-state index >= 15 is 0 Å². The molecular weight excluding hydrogens is 274 g/mol. The number of hydrogen-bond acceptors (Lipinski definition) is 0. The summed E-state index contributed by atoms with van der Waals surface area (Å²) in [4.78, 5) is 0. The van der Waals surface area contributed by atoms with Crippen LogP contribution >= 0.6 is 37.2 Å². The smallest absolute Gasteiger partial charge is 0 e. The average molecular weight is 299 g/mol. The van der Waals surface area contributed by atoms with Crippen LogP contribution in [0.5, 0.6) is 0 Å². The van der Waals surface area contributed by atoms with Crippen LogP contribution < -0.4 is 0 Å². The summed E-state index contributed by atoms with van der Waals surface area (Å²) in [6, 6.07) is 0. The first-order valence-electron chi connectivity index (χ1n) is 4.71. The molecule has 0 aliphatic carbocycles. The van der Waals surface area contributed by atoms with E-state index in [1.165, 1.54) is 44.9 Å². The van der Waals surface area contributed by atoms with Crippen LogP contribution in [0.25, 0.3) is 0 Å². The van der Waals surface area contributed by atoms with Crippen molar-refractivity contribution in [2.75, 3.05) is 0 Å². The Bertz CT molecular complexity index is 55.3. The van der Waals surface area contributed by atoms with Gasteiger partial charge >= 0.3 is 0 Å². The van der Waals surface area contributed by atoms with E-state index in [9.17, 15) is 0 Å². The van der Waals surface area contributed by atoms with Crippen LogP contribution in [0.3, 0.4) is 0 Å². The standard InChI is InChI=1S/C10H21.3ClH.Ti/c1-3-5-7-9-10-8-6-4-2;;;;/h1,3-10H2,2H3;3*1H;/q-1;;;;. The Morgan fingerprint density at radius 2 is 1.07 bits per heavy atom. The summed E-state index contributed by atoms with van der Waals surface area (Å²) in [6.07, 6.45) is 10.9. The van der Waals surface area contributed by atoms with Crippen LogP contribution in [-0.4, -0.2) is 0 Å². The van der Waals surface area contributed by atoms with Gasteiger partial charge in [0.05, 0.1) is 0 Å². The molecule has 90 valence electrons. The molecule has 0 nitrogen and oxygen atoms in total. The van der Waals surface area contributed by atoms with Crippen LogP contribution in [0.15, 0.2) is 0 Å². The molecule has 0 atom stereocenters. The van der Waals surface area contributed by atoms with Crippen molar-refractivity contribution in [3.05, 3.63) is 6.92 Å². The van der Waals surface area contributed by atoms with Gasteiger partial charge in [-0.05, 0) is 0 Å². The molecule has 14 heavy (non-hydrogen) atoms. The van der Waals surface area contributed by atoms with Gasteiger partial charge in [-0.15, -0.1) is 37.2 Å². The van der Waals surface area contributed by atoms with Crippen molar-refractivity contribution < 1.29 is 21.7 Å². The predicted molar refractivity (Wildman–Crippen MR) is 69.7 cm³/mol. The normalized spacial score (nSPS) is 7.29. The Morgan fingerprint density at radius 3 is 1.43 bits per heavy atom. The van der Waals surface area contributed by atoms with E-state index in [0.29, 0.717) is 0 Å². The average Bonchev–Trinajstić information content (AvgIpc) is 1.97. The quantitative estimate of drug-likeness (QED) is 0.343. The summed E-state index contributed by atoms with van der Waals surface area (Å²) in [6.45, 7) is 6.08. The van der Waals surface area contributed by atoms with E-state index in [1.54, 1.807) is 0 Å². The second kappa shape index (κ2) is 29.3. The van der Waals surface area contributed by atoms with Crippen molar-refractivity contribution in [1.82, 2.24) is 0 Å². The molecule has 0 fully saturated rings. The van der Waals surface area contributed by atoms with E-state index in [0.717, 1.165) is 6.42 Å². The molecule has 0 N–H and O–H groups in total. The van der Waals surface area contributed by atoms with E-state index in [1.807, 2.05) is 0 Å². The SMILES string of the molecule is Cl.Cl.Cl.[CH2-]CCCCCCCCC.[Ti]. The van der Waals surface area contributed by atoms with Gasteiger partial charge in [-0.1, -0.05) is 51.9 Å². The third kappa shape index (κ3) is 29.2. The Kier molecular flexibility index (Phi) is 61.9. The zero-order chi connectivity index (χ0) is 7.66. The van der Waals surface area contributed by atoms with Gasteiger partial charge in [-0.3, -0.25) is 0 Å². The summed E-state index contributed by atoms with van der Waals surface area (Å²) in [7, 11) is 0. The minimum atomic E-state index is 0. The topological polar surface area (TPSA) is 0 Å². The van der Waals surface area contributed by atoms with Crippen LogP contribution in [-0.2, 0) is 21.7 Å². The zero-order valence-electron chi connectivity index (χ0n) is 9.09. The molecule has 0 aromatic rings. The molecule has 0 aromatic carbocycles. The van der Waals surface area contributed by atoms with Crippen molar-refractivity contribution in [1.29, 1.82) is 0 Å². The van der Waals surface area contributed by atoms with Crippen molar-refractivity contribution in [3.63, 3.8) is 0 Å². The van der Waals surface area contributed by atoms with Crippen molar-refractivity contribution in [2.24, 2.45) is 0 Å². The van der Waals surface area contributed by atoms with Crippen LogP contribution in [0.1, 0.15) is 58.3 Å². The first-order valence-corrected chi connectivity index (χ1v) is 4.71. The largest absolute Gasteiger partial charge is 0.343 e. The van der Waals surface area contributed by atoms with Crippen LogP contribution in [0.4, 0.5) is 0 Å². The molecule has 0 unspecified atom stereocenters. The molecule has 4 heteroatoms. The fourth-order valence-electron chi connectivity index (χ4n) is 1.13. The monoisotopic (exact) mass is 297 g/mol. The number of halogens is 3. The van der Waals surface area contributed by atoms with E-state index < -0.39 is 0 Å². The van der Waals surface area contributed by atoms with Gasteiger partial charge < -0.3 is 6.92 Å². The van der Waals surface area contributed by atoms with Gasteiger partial charge in [0.1, 0.15) is 0 Å². The molecule has 0 bridgehead atoms. The third-order valence-electron chi connectivity index (χ3n) is 1.85. The van der Waals surface area contributed by atoms with Crippen molar-refractivity contribution >= 4 is 37.2 Å². The van der Waals surface area contributed by atoms with Crippen molar-refractivity contribution in [3.8, 4) is 0 Å².